The second-order valence-electron chi connectivity index (χ2n) is 5.95. The Balaban J connectivity index is 1.41. The third-order valence-corrected chi connectivity index (χ3v) is 4.19. The van der Waals surface area contributed by atoms with E-state index in [1.165, 1.54) is 0 Å². The molecular formula is C21H18N4O. The maximum absolute atomic E-state index is 12.3. The minimum absolute atomic E-state index is 0.119. The molecule has 0 bridgehead atoms. The number of carbonyl (C=O) groups is 1. The molecular weight excluding hydrogens is 324 g/mol. The van der Waals surface area contributed by atoms with Crippen molar-refractivity contribution >= 4 is 22.8 Å². The average Bonchev–Trinajstić information content (AvgIpc) is 3.17. The van der Waals surface area contributed by atoms with E-state index in [4.69, 9.17) is 0 Å². The van der Waals surface area contributed by atoms with E-state index in [0.29, 0.717) is 12.1 Å². The second kappa shape index (κ2) is 7.11. The Morgan fingerprint density at radius 2 is 1.69 bits per heavy atom. The molecule has 0 atom stereocenters. The molecule has 128 valence electrons. The maximum Gasteiger partial charge on any atom is 0.255 e. The highest BCUT2D eigenvalue weighted by molar-refractivity contribution is 6.04. The van der Waals surface area contributed by atoms with Gasteiger partial charge in [0.15, 0.2) is 0 Å². The van der Waals surface area contributed by atoms with Crippen molar-refractivity contribution in [2.75, 3.05) is 10.6 Å². The quantitative estimate of drug-likeness (QED) is 0.571. The van der Waals surface area contributed by atoms with Gasteiger partial charge in [0.1, 0.15) is 0 Å². The van der Waals surface area contributed by atoms with Crippen molar-refractivity contribution in [3.8, 4) is 0 Å². The van der Waals surface area contributed by atoms with E-state index in [-0.39, 0.29) is 5.91 Å². The summed E-state index contributed by atoms with van der Waals surface area (Å²) in [7, 11) is 0. The van der Waals surface area contributed by atoms with E-state index >= 15 is 0 Å². The molecule has 2 N–H and O–H groups in total. The summed E-state index contributed by atoms with van der Waals surface area (Å²) in [6, 6.07) is 22.9. The predicted octanol–water partition coefficient (Wildman–Crippen LogP) is 4.20. The number of nitrogens with one attached hydrogen (secondary N) is 2. The lowest BCUT2D eigenvalue weighted by Gasteiger charge is -2.09. The van der Waals surface area contributed by atoms with Crippen molar-refractivity contribution in [1.82, 2.24) is 9.61 Å². The molecule has 2 aromatic heterocycles. The summed E-state index contributed by atoms with van der Waals surface area (Å²) in [4.78, 5) is 12.3. The first kappa shape index (κ1) is 15.9. The monoisotopic (exact) mass is 342 g/mol. The zero-order chi connectivity index (χ0) is 17.8. The number of amides is 1. The van der Waals surface area contributed by atoms with Gasteiger partial charge in [-0.05, 0) is 54.1 Å². The molecule has 0 saturated heterocycles. The van der Waals surface area contributed by atoms with Crippen molar-refractivity contribution in [2.24, 2.45) is 0 Å². The summed E-state index contributed by atoms with van der Waals surface area (Å²) in [5.41, 5.74) is 4.61. The summed E-state index contributed by atoms with van der Waals surface area (Å²) >= 11 is 0. The Hall–Kier alpha value is -3.60. The van der Waals surface area contributed by atoms with Crippen LogP contribution in [0, 0.1) is 0 Å². The van der Waals surface area contributed by atoms with Gasteiger partial charge in [-0.1, -0.05) is 24.3 Å². The van der Waals surface area contributed by atoms with E-state index in [9.17, 15) is 4.79 Å². The van der Waals surface area contributed by atoms with Gasteiger partial charge in [0.25, 0.3) is 5.91 Å². The smallest absolute Gasteiger partial charge is 0.255 e. The Bertz CT molecular complexity index is 1020. The van der Waals surface area contributed by atoms with Crippen LogP contribution < -0.4 is 10.6 Å². The molecule has 26 heavy (non-hydrogen) atoms. The van der Waals surface area contributed by atoms with Crippen molar-refractivity contribution < 1.29 is 4.79 Å². The molecule has 1 amide bonds. The molecule has 2 aromatic carbocycles. The number of aromatic nitrogens is 2. The van der Waals surface area contributed by atoms with Crippen LogP contribution in [-0.4, -0.2) is 15.5 Å². The van der Waals surface area contributed by atoms with Gasteiger partial charge in [0.05, 0.1) is 5.52 Å². The standard InChI is InChI=1S/C21H18N4O/c26-21(24-19-6-2-1-3-7-19)16-8-10-18(11-9-16)22-15-17-5-4-14-25-20(17)12-13-23-25/h1-14,22H,15H2,(H,24,26). The first-order valence-electron chi connectivity index (χ1n) is 8.41. The van der Waals surface area contributed by atoms with Crippen LogP contribution in [0.3, 0.4) is 0 Å². The van der Waals surface area contributed by atoms with Crippen LogP contribution in [0.4, 0.5) is 11.4 Å². The summed E-state index contributed by atoms with van der Waals surface area (Å²) in [6.45, 7) is 0.686. The minimum Gasteiger partial charge on any atom is -0.381 e. The molecule has 0 aliphatic carbocycles. The fourth-order valence-corrected chi connectivity index (χ4v) is 2.82. The van der Waals surface area contributed by atoms with Gasteiger partial charge in [-0.3, -0.25) is 4.79 Å². The Morgan fingerprint density at radius 1 is 0.885 bits per heavy atom. The topological polar surface area (TPSA) is 58.4 Å². The average molecular weight is 342 g/mol. The summed E-state index contributed by atoms with van der Waals surface area (Å²) in [5, 5.41) is 10.5. The van der Waals surface area contributed by atoms with Gasteiger partial charge >= 0.3 is 0 Å². The highest BCUT2D eigenvalue weighted by Crippen LogP contribution is 2.15. The molecule has 2 heterocycles. The van der Waals surface area contributed by atoms with Gasteiger partial charge in [-0.2, -0.15) is 5.10 Å². The van der Waals surface area contributed by atoms with E-state index in [1.807, 2.05) is 77.4 Å². The number of rotatable bonds is 5. The first-order chi connectivity index (χ1) is 12.8. The van der Waals surface area contributed by atoms with E-state index in [0.717, 1.165) is 22.5 Å². The van der Waals surface area contributed by atoms with Crippen molar-refractivity contribution in [1.29, 1.82) is 0 Å². The Morgan fingerprint density at radius 3 is 2.50 bits per heavy atom. The summed E-state index contributed by atoms with van der Waals surface area (Å²) in [6.07, 6.45) is 3.72. The first-order valence-corrected chi connectivity index (χ1v) is 8.41. The van der Waals surface area contributed by atoms with Gasteiger partial charge in [-0.15, -0.1) is 0 Å². The second-order valence-corrected chi connectivity index (χ2v) is 5.95. The Labute approximate surface area is 151 Å². The van der Waals surface area contributed by atoms with Crippen LogP contribution in [0.25, 0.3) is 5.52 Å². The zero-order valence-electron chi connectivity index (χ0n) is 14.1. The summed E-state index contributed by atoms with van der Waals surface area (Å²) < 4.78 is 1.86. The van der Waals surface area contributed by atoms with Crippen LogP contribution in [-0.2, 0) is 6.54 Å². The molecule has 0 unspecified atom stereocenters. The minimum atomic E-state index is -0.119. The lowest BCUT2D eigenvalue weighted by Crippen LogP contribution is -2.11. The fraction of sp³-hybridized carbons (Fsp3) is 0.0476. The SMILES string of the molecule is O=C(Nc1ccccc1)c1ccc(NCc2cccn3nccc23)cc1. The normalized spacial score (nSPS) is 10.6. The molecule has 5 heteroatoms. The number of fused-ring (bicyclic) bond motifs is 1. The highest BCUT2D eigenvalue weighted by Gasteiger charge is 2.06. The number of benzene rings is 2. The number of anilines is 2. The van der Waals surface area contributed by atoms with Crippen molar-refractivity contribution in [3.63, 3.8) is 0 Å². The number of hydrogen-bond donors (Lipinski definition) is 2. The lowest BCUT2D eigenvalue weighted by atomic mass is 10.1. The van der Waals surface area contributed by atoms with Crippen LogP contribution in [0.15, 0.2) is 85.2 Å². The fourth-order valence-electron chi connectivity index (χ4n) is 2.82. The molecule has 4 aromatic rings. The molecule has 5 nitrogen and oxygen atoms in total. The van der Waals surface area contributed by atoms with Gasteiger partial charge < -0.3 is 10.6 Å². The lowest BCUT2D eigenvalue weighted by molar-refractivity contribution is 0.102. The van der Waals surface area contributed by atoms with Gasteiger partial charge in [-0.25, -0.2) is 4.52 Å². The van der Waals surface area contributed by atoms with E-state index in [1.54, 1.807) is 6.20 Å². The van der Waals surface area contributed by atoms with Crippen LogP contribution >= 0.6 is 0 Å². The number of nitrogens with zero attached hydrogens (tertiary/aromatic N) is 2. The summed E-state index contributed by atoms with van der Waals surface area (Å²) in [5.74, 6) is -0.119. The van der Waals surface area contributed by atoms with Gasteiger partial charge in [0, 0.05) is 35.9 Å². The van der Waals surface area contributed by atoms with Crippen LogP contribution in [0.1, 0.15) is 15.9 Å². The molecule has 0 radical (unpaired) electrons. The van der Waals surface area contributed by atoms with E-state index in [2.05, 4.69) is 21.8 Å². The molecule has 0 spiro atoms. The number of para-hydroxylation sites is 1. The van der Waals surface area contributed by atoms with Crippen molar-refractivity contribution in [3.05, 3.63) is 96.3 Å². The molecule has 0 aliphatic rings. The molecule has 4 rings (SSSR count). The van der Waals surface area contributed by atoms with E-state index < -0.39 is 0 Å². The Kier molecular flexibility index (Phi) is 4.35. The predicted molar refractivity (Wildman–Crippen MR) is 103 cm³/mol. The van der Waals surface area contributed by atoms with Gasteiger partial charge in [0.2, 0.25) is 0 Å². The highest BCUT2D eigenvalue weighted by atomic mass is 16.1. The van der Waals surface area contributed by atoms with Crippen LogP contribution in [0.5, 0.6) is 0 Å². The zero-order valence-corrected chi connectivity index (χ0v) is 14.1. The molecule has 0 saturated carbocycles. The molecule has 0 aliphatic heterocycles. The van der Waals surface area contributed by atoms with Crippen molar-refractivity contribution in [2.45, 2.75) is 6.54 Å². The number of hydrogen-bond acceptors (Lipinski definition) is 3. The van der Waals surface area contributed by atoms with Crippen LogP contribution in [0.2, 0.25) is 0 Å². The molecule has 0 fully saturated rings. The number of carbonyl (C=O) groups excluding carboxylic acids is 1. The third kappa shape index (κ3) is 3.42. The largest absolute Gasteiger partial charge is 0.381 e. The number of pyridine rings is 1. The third-order valence-electron chi connectivity index (χ3n) is 4.19. The maximum atomic E-state index is 12.3.